The Morgan fingerprint density at radius 1 is 1.03 bits per heavy atom. The van der Waals surface area contributed by atoms with E-state index >= 15 is 0 Å². The quantitative estimate of drug-likeness (QED) is 0.670. The van der Waals surface area contributed by atoms with Gasteiger partial charge in [0, 0.05) is 37.6 Å². The van der Waals surface area contributed by atoms with Crippen LogP contribution in [0.3, 0.4) is 0 Å². The summed E-state index contributed by atoms with van der Waals surface area (Å²) in [5.41, 5.74) is 2.67. The molecule has 1 aliphatic rings. The first-order valence-corrected chi connectivity index (χ1v) is 9.89. The highest BCUT2D eigenvalue weighted by Crippen LogP contribution is 2.34. The predicted molar refractivity (Wildman–Crippen MR) is 115 cm³/mol. The molecule has 1 saturated heterocycles. The Morgan fingerprint density at radius 3 is 2.47 bits per heavy atom. The van der Waals surface area contributed by atoms with E-state index in [1.807, 2.05) is 13.0 Å². The van der Waals surface area contributed by atoms with Crippen LogP contribution in [0.4, 0.5) is 11.4 Å². The van der Waals surface area contributed by atoms with Crippen LogP contribution in [-0.2, 0) is 9.59 Å². The topological polar surface area (TPSA) is 84.9 Å². The SMILES string of the molecule is COc1ccc(C)cc1C(=O)CCC(=O)Nc1ccc(N2CCCC2=O)c(OC)c1. The van der Waals surface area contributed by atoms with Crippen LogP contribution >= 0.6 is 0 Å². The molecule has 0 spiro atoms. The number of Topliss-reactive ketones (excluding diaryl/α,β-unsaturated/α-hetero) is 1. The Morgan fingerprint density at radius 2 is 1.80 bits per heavy atom. The van der Waals surface area contributed by atoms with E-state index in [0.29, 0.717) is 41.4 Å². The van der Waals surface area contributed by atoms with Crippen molar-refractivity contribution in [2.75, 3.05) is 31.0 Å². The van der Waals surface area contributed by atoms with Gasteiger partial charge in [0.15, 0.2) is 5.78 Å². The van der Waals surface area contributed by atoms with Gasteiger partial charge in [0.2, 0.25) is 11.8 Å². The number of hydrogen-bond acceptors (Lipinski definition) is 5. The van der Waals surface area contributed by atoms with Crippen molar-refractivity contribution in [2.24, 2.45) is 0 Å². The molecule has 0 aromatic heterocycles. The number of hydrogen-bond donors (Lipinski definition) is 1. The van der Waals surface area contributed by atoms with Crippen LogP contribution in [-0.4, -0.2) is 38.4 Å². The average molecular weight is 410 g/mol. The van der Waals surface area contributed by atoms with Gasteiger partial charge < -0.3 is 19.7 Å². The minimum Gasteiger partial charge on any atom is -0.496 e. The Hall–Kier alpha value is -3.35. The summed E-state index contributed by atoms with van der Waals surface area (Å²) >= 11 is 0. The number of ether oxygens (including phenoxy) is 2. The van der Waals surface area contributed by atoms with E-state index < -0.39 is 0 Å². The van der Waals surface area contributed by atoms with Crippen LogP contribution in [0.2, 0.25) is 0 Å². The second kappa shape index (κ2) is 9.43. The summed E-state index contributed by atoms with van der Waals surface area (Å²) in [5.74, 6) is 0.662. The highest BCUT2D eigenvalue weighted by Gasteiger charge is 2.24. The minimum atomic E-state index is -0.276. The zero-order valence-electron chi connectivity index (χ0n) is 17.5. The van der Waals surface area contributed by atoms with Gasteiger partial charge in [-0.15, -0.1) is 0 Å². The molecule has 1 heterocycles. The standard InChI is InChI=1S/C23H26N2O5/c1-15-6-10-20(29-2)17(13-15)19(26)9-11-22(27)24-16-7-8-18(21(14-16)30-3)25-12-4-5-23(25)28/h6-8,10,13-14H,4-5,9,11-12H2,1-3H3,(H,24,27). The van der Waals surface area contributed by atoms with Crippen molar-refractivity contribution in [1.82, 2.24) is 0 Å². The highest BCUT2D eigenvalue weighted by molar-refractivity contribution is 6.02. The van der Waals surface area contributed by atoms with E-state index in [1.165, 1.54) is 14.2 Å². The molecule has 0 saturated carbocycles. The van der Waals surface area contributed by atoms with Crippen LogP contribution in [0.5, 0.6) is 11.5 Å². The average Bonchev–Trinajstić information content (AvgIpc) is 3.17. The van der Waals surface area contributed by atoms with Gasteiger partial charge in [-0.25, -0.2) is 0 Å². The van der Waals surface area contributed by atoms with E-state index in [2.05, 4.69) is 5.32 Å². The molecule has 0 radical (unpaired) electrons. The van der Waals surface area contributed by atoms with Crippen molar-refractivity contribution >= 4 is 29.0 Å². The summed E-state index contributed by atoms with van der Waals surface area (Å²) in [5, 5.41) is 2.79. The van der Waals surface area contributed by atoms with Gasteiger partial charge in [0.25, 0.3) is 0 Å². The minimum absolute atomic E-state index is 0.0462. The van der Waals surface area contributed by atoms with Gasteiger partial charge in [0.05, 0.1) is 25.5 Å². The number of nitrogens with zero attached hydrogens (tertiary/aromatic N) is 1. The lowest BCUT2D eigenvalue weighted by molar-refractivity contribution is -0.117. The molecule has 2 aromatic rings. The molecule has 2 aromatic carbocycles. The van der Waals surface area contributed by atoms with Crippen molar-refractivity contribution in [3.8, 4) is 11.5 Å². The summed E-state index contributed by atoms with van der Waals surface area (Å²) in [6.07, 6.45) is 1.47. The van der Waals surface area contributed by atoms with Gasteiger partial charge >= 0.3 is 0 Å². The molecule has 1 fully saturated rings. The first kappa shape index (κ1) is 21.4. The maximum Gasteiger partial charge on any atom is 0.227 e. The van der Waals surface area contributed by atoms with Crippen LogP contribution in [0, 0.1) is 6.92 Å². The molecular formula is C23H26N2O5. The lowest BCUT2D eigenvalue weighted by atomic mass is 10.0. The van der Waals surface area contributed by atoms with E-state index in [9.17, 15) is 14.4 Å². The van der Waals surface area contributed by atoms with E-state index in [0.717, 1.165) is 12.0 Å². The molecule has 7 nitrogen and oxygen atoms in total. The molecular weight excluding hydrogens is 384 g/mol. The van der Waals surface area contributed by atoms with Crippen LogP contribution in [0.25, 0.3) is 0 Å². The fourth-order valence-electron chi connectivity index (χ4n) is 3.51. The zero-order chi connectivity index (χ0) is 21.7. The van der Waals surface area contributed by atoms with Crippen molar-refractivity contribution in [3.63, 3.8) is 0 Å². The molecule has 0 bridgehead atoms. The lowest BCUT2D eigenvalue weighted by Gasteiger charge is -2.19. The number of carbonyl (C=O) groups excluding carboxylic acids is 3. The molecule has 0 aliphatic carbocycles. The van der Waals surface area contributed by atoms with Gasteiger partial charge in [-0.05, 0) is 37.6 Å². The number of rotatable bonds is 8. The number of nitrogens with one attached hydrogen (secondary N) is 1. The van der Waals surface area contributed by atoms with Gasteiger partial charge in [0.1, 0.15) is 11.5 Å². The number of anilines is 2. The van der Waals surface area contributed by atoms with Crippen molar-refractivity contribution in [1.29, 1.82) is 0 Å². The van der Waals surface area contributed by atoms with E-state index in [-0.39, 0.29) is 30.4 Å². The largest absolute Gasteiger partial charge is 0.496 e. The summed E-state index contributed by atoms with van der Waals surface area (Å²) in [7, 11) is 3.04. The number of ketones is 1. The Kier molecular flexibility index (Phi) is 6.72. The molecule has 3 rings (SSSR count). The molecule has 158 valence electrons. The maximum absolute atomic E-state index is 12.5. The summed E-state index contributed by atoms with van der Waals surface area (Å²) in [6, 6.07) is 10.6. The molecule has 7 heteroatoms. The van der Waals surface area contributed by atoms with E-state index in [1.54, 1.807) is 35.2 Å². The molecule has 30 heavy (non-hydrogen) atoms. The van der Waals surface area contributed by atoms with Crippen LogP contribution in [0.15, 0.2) is 36.4 Å². The monoisotopic (exact) mass is 410 g/mol. The fourth-order valence-corrected chi connectivity index (χ4v) is 3.51. The molecule has 1 N–H and O–H groups in total. The van der Waals surface area contributed by atoms with Crippen LogP contribution < -0.4 is 19.7 Å². The first-order valence-electron chi connectivity index (χ1n) is 9.89. The summed E-state index contributed by atoms with van der Waals surface area (Å²) in [4.78, 5) is 38.6. The number of aryl methyl sites for hydroxylation is 1. The fraction of sp³-hybridized carbons (Fsp3) is 0.348. The predicted octanol–water partition coefficient (Wildman–Crippen LogP) is 3.74. The normalized spacial score (nSPS) is 13.3. The third-order valence-corrected chi connectivity index (χ3v) is 5.06. The lowest BCUT2D eigenvalue weighted by Crippen LogP contribution is -2.24. The first-order chi connectivity index (χ1) is 14.4. The Bertz CT molecular complexity index is 970. The van der Waals surface area contributed by atoms with Crippen molar-refractivity contribution in [3.05, 3.63) is 47.5 Å². The molecule has 0 atom stereocenters. The zero-order valence-corrected chi connectivity index (χ0v) is 17.5. The smallest absolute Gasteiger partial charge is 0.227 e. The number of amides is 2. The van der Waals surface area contributed by atoms with Crippen molar-refractivity contribution < 1.29 is 23.9 Å². The summed E-state index contributed by atoms with van der Waals surface area (Å²) in [6.45, 7) is 2.56. The Labute approximate surface area is 176 Å². The number of carbonyl (C=O) groups is 3. The second-order valence-electron chi connectivity index (χ2n) is 7.21. The third kappa shape index (κ3) is 4.79. The number of benzene rings is 2. The van der Waals surface area contributed by atoms with Gasteiger partial charge in [-0.2, -0.15) is 0 Å². The molecule has 1 aliphatic heterocycles. The van der Waals surface area contributed by atoms with Gasteiger partial charge in [-0.1, -0.05) is 11.6 Å². The Balaban J connectivity index is 1.63. The highest BCUT2D eigenvalue weighted by atomic mass is 16.5. The van der Waals surface area contributed by atoms with Crippen LogP contribution in [0.1, 0.15) is 41.6 Å². The summed E-state index contributed by atoms with van der Waals surface area (Å²) < 4.78 is 10.7. The second-order valence-corrected chi connectivity index (χ2v) is 7.21. The molecule has 0 unspecified atom stereocenters. The van der Waals surface area contributed by atoms with E-state index in [4.69, 9.17) is 9.47 Å². The molecule has 2 amide bonds. The van der Waals surface area contributed by atoms with Crippen molar-refractivity contribution in [2.45, 2.75) is 32.6 Å². The third-order valence-electron chi connectivity index (χ3n) is 5.06. The number of methoxy groups -OCH3 is 2. The maximum atomic E-state index is 12.5. The van der Waals surface area contributed by atoms with Gasteiger partial charge in [-0.3, -0.25) is 14.4 Å².